The van der Waals surface area contributed by atoms with Crippen molar-refractivity contribution in [3.05, 3.63) is 36.4 Å². The first-order chi connectivity index (χ1) is 8.05. The molecule has 0 saturated carbocycles. The van der Waals surface area contributed by atoms with E-state index in [9.17, 15) is 0 Å². The number of aliphatic imine (C=N–C) groups is 1. The molecule has 2 aromatic rings. The Morgan fingerprint density at radius 1 is 1.00 bits per heavy atom. The van der Waals surface area contributed by atoms with Crippen molar-refractivity contribution in [2.45, 2.75) is 20.8 Å². The summed E-state index contributed by atoms with van der Waals surface area (Å²) in [5, 5.41) is 2.29. The van der Waals surface area contributed by atoms with Crippen molar-refractivity contribution in [2.24, 2.45) is 10.4 Å². The lowest BCUT2D eigenvalue weighted by Gasteiger charge is -2.25. The third kappa shape index (κ3) is 1.60. The van der Waals surface area contributed by atoms with Crippen LogP contribution in [0.5, 0.6) is 5.75 Å². The molecule has 0 unspecified atom stereocenters. The lowest BCUT2D eigenvalue weighted by molar-refractivity contribution is 0.434. The summed E-state index contributed by atoms with van der Waals surface area (Å²) in [6, 6.07) is 12.3. The highest BCUT2D eigenvalue weighted by molar-refractivity contribution is 6.04. The summed E-state index contributed by atoms with van der Waals surface area (Å²) in [4.78, 5) is 4.63. The van der Waals surface area contributed by atoms with Crippen LogP contribution in [0, 0.1) is 5.41 Å². The summed E-state index contributed by atoms with van der Waals surface area (Å²) in [6.45, 7) is 6.33. The van der Waals surface area contributed by atoms with Crippen LogP contribution in [0.3, 0.4) is 0 Å². The molecule has 3 rings (SSSR count). The summed E-state index contributed by atoms with van der Waals surface area (Å²) in [5.74, 6) is 1.70. The van der Waals surface area contributed by atoms with Crippen molar-refractivity contribution in [2.75, 3.05) is 0 Å². The molecule has 0 atom stereocenters. The molecule has 0 aromatic heterocycles. The van der Waals surface area contributed by atoms with Gasteiger partial charge >= 0.3 is 0 Å². The van der Waals surface area contributed by atoms with Crippen LogP contribution in [0.2, 0.25) is 0 Å². The SMILES string of the molecule is CC(C)(C)C1=Nc2cccc3cccc(c23)O1. The smallest absolute Gasteiger partial charge is 0.200 e. The van der Waals surface area contributed by atoms with Crippen LogP contribution in [-0.2, 0) is 0 Å². The fraction of sp³-hybridized carbons (Fsp3) is 0.267. The summed E-state index contributed by atoms with van der Waals surface area (Å²) in [5.41, 5.74) is 0.935. The predicted octanol–water partition coefficient (Wildman–Crippen LogP) is 4.31. The van der Waals surface area contributed by atoms with Crippen LogP contribution in [-0.4, -0.2) is 5.90 Å². The Balaban J connectivity index is 2.30. The van der Waals surface area contributed by atoms with Crippen LogP contribution in [0.1, 0.15) is 20.8 Å². The molecular formula is C15H15NO. The van der Waals surface area contributed by atoms with Crippen molar-refractivity contribution < 1.29 is 4.74 Å². The Kier molecular flexibility index (Phi) is 2.02. The highest BCUT2D eigenvalue weighted by Crippen LogP contribution is 2.39. The Labute approximate surface area is 101 Å². The Bertz CT molecular complexity index is 615. The fourth-order valence-corrected chi connectivity index (χ4v) is 2.02. The van der Waals surface area contributed by atoms with E-state index >= 15 is 0 Å². The van der Waals surface area contributed by atoms with Gasteiger partial charge < -0.3 is 4.74 Å². The minimum atomic E-state index is -0.0737. The van der Waals surface area contributed by atoms with E-state index in [0.717, 1.165) is 22.7 Å². The normalized spacial score (nSPS) is 14.4. The summed E-state index contributed by atoms with van der Waals surface area (Å²) >= 11 is 0. The van der Waals surface area contributed by atoms with Gasteiger partial charge in [0.15, 0.2) is 0 Å². The van der Waals surface area contributed by atoms with E-state index in [1.807, 2.05) is 24.3 Å². The Morgan fingerprint density at radius 3 is 2.41 bits per heavy atom. The predicted molar refractivity (Wildman–Crippen MR) is 71.1 cm³/mol. The molecule has 86 valence electrons. The number of ether oxygens (including phenoxy) is 1. The maximum atomic E-state index is 5.92. The molecule has 0 bridgehead atoms. The molecule has 1 aliphatic rings. The van der Waals surface area contributed by atoms with E-state index < -0.39 is 0 Å². The lowest BCUT2D eigenvalue weighted by atomic mass is 9.95. The number of benzene rings is 2. The molecule has 0 spiro atoms. The molecule has 0 fully saturated rings. The van der Waals surface area contributed by atoms with Gasteiger partial charge in [0.05, 0.1) is 11.1 Å². The minimum Gasteiger partial charge on any atom is -0.442 e. The molecule has 1 aliphatic heterocycles. The number of hydrogen-bond donors (Lipinski definition) is 0. The second-order valence-electron chi connectivity index (χ2n) is 5.40. The van der Waals surface area contributed by atoms with Crippen molar-refractivity contribution in [1.29, 1.82) is 0 Å². The second kappa shape index (κ2) is 3.33. The van der Waals surface area contributed by atoms with Gasteiger partial charge in [-0.05, 0) is 17.5 Å². The first-order valence-corrected chi connectivity index (χ1v) is 5.84. The van der Waals surface area contributed by atoms with Crippen molar-refractivity contribution in [3.63, 3.8) is 0 Å². The van der Waals surface area contributed by atoms with Gasteiger partial charge in [0.2, 0.25) is 5.90 Å². The summed E-state index contributed by atoms with van der Waals surface area (Å²) in [6.07, 6.45) is 0. The molecule has 0 amide bonds. The molecule has 1 heterocycles. The summed E-state index contributed by atoms with van der Waals surface area (Å²) < 4.78 is 5.92. The van der Waals surface area contributed by atoms with Crippen LogP contribution in [0.15, 0.2) is 41.4 Å². The first kappa shape index (κ1) is 10.3. The van der Waals surface area contributed by atoms with Gasteiger partial charge in [-0.1, -0.05) is 45.0 Å². The van der Waals surface area contributed by atoms with Crippen LogP contribution >= 0.6 is 0 Å². The molecule has 0 radical (unpaired) electrons. The van der Waals surface area contributed by atoms with E-state index in [1.165, 1.54) is 5.39 Å². The van der Waals surface area contributed by atoms with Crippen LogP contribution < -0.4 is 4.74 Å². The number of nitrogens with zero attached hydrogens (tertiary/aromatic N) is 1. The Hall–Kier alpha value is -1.83. The standard InChI is InChI=1S/C15H15NO/c1-15(2,3)14-16-11-8-4-6-10-7-5-9-12(17-14)13(10)11/h4-9H,1-3H3. The molecule has 0 N–H and O–H groups in total. The monoisotopic (exact) mass is 225 g/mol. The van der Waals surface area contributed by atoms with Gasteiger partial charge in [-0.15, -0.1) is 0 Å². The molecule has 17 heavy (non-hydrogen) atoms. The zero-order valence-electron chi connectivity index (χ0n) is 10.3. The van der Waals surface area contributed by atoms with Crippen molar-refractivity contribution >= 4 is 22.4 Å². The van der Waals surface area contributed by atoms with Gasteiger partial charge in [-0.3, -0.25) is 0 Å². The quantitative estimate of drug-likeness (QED) is 0.654. The van der Waals surface area contributed by atoms with Gasteiger partial charge in [0.1, 0.15) is 5.75 Å². The number of hydrogen-bond acceptors (Lipinski definition) is 2. The van der Waals surface area contributed by atoms with E-state index in [2.05, 4.69) is 37.9 Å². The van der Waals surface area contributed by atoms with Crippen LogP contribution in [0.4, 0.5) is 5.69 Å². The first-order valence-electron chi connectivity index (χ1n) is 5.84. The average molecular weight is 225 g/mol. The molecular weight excluding hydrogens is 210 g/mol. The average Bonchev–Trinajstić information content (AvgIpc) is 2.28. The highest BCUT2D eigenvalue weighted by atomic mass is 16.5. The molecule has 2 aromatic carbocycles. The van der Waals surface area contributed by atoms with Crippen molar-refractivity contribution in [3.8, 4) is 5.75 Å². The fourth-order valence-electron chi connectivity index (χ4n) is 2.02. The maximum Gasteiger partial charge on any atom is 0.200 e. The van der Waals surface area contributed by atoms with Gasteiger partial charge in [-0.2, -0.15) is 0 Å². The third-order valence-electron chi connectivity index (χ3n) is 2.91. The largest absolute Gasteiger partial charge is 0.442 e. The van der Waals surface area contributed by atoms with E-state index in [0.29, 0.717) is 0 Å². The van der Waals surface area contributed by atoms with E-state index in [1.54, 1.807) is 0 Å². The molecule has 0 saturated heterocycles. The molecule has 2 heteroatoms. The van der Waals surface area contributed by atoms with Gasteiger partial charge in [-0.25, -0.2) is 4.99 Å². The zero-order valence-corrected chi connectivity index (χ0v) is 10.3. The van der Waals surface area contributed by atoms with E-state index in [-0.39, 0.29) is 5.41 Å². The minimum absolute atomic E-state index is 0.0737. The second-order valence-corrected chi connectivity index (χ2v) is 5.40. The van der Waals surface area contributed by atoms with Crippen molar-refractivity contribution in [1.82, 2.24) is 0 Å². The molecule has 2 nitrogen and oxygen atoms in total. The Morgan fingerprint density at radius 2 is 1.71 bits per heavy atom. The van der Waals surface area contributed by atoms with E-state index in [4.69, 9.17) is 4.74 Å². The number of rotatable bonds is 0. The van der Waals surface area contributed by atoms with Gasteiger partial charge in [0.25, 0.3) is 0 Å². The zero-order chi connectivity index (χ0) is 12.0. The van der Waals surface area contributed by atoms with Gasteiger partial charge in [0, 0.05) is 5.41 Å². The highest BCUT2D eigenvalue weighted by Gasteiger charge is 2.26. The topological polar surface area (TPSA) is 21.6 Å². The summed E-state index contributed by atoms with van der Waals surface area (Å²) in [7, 11) is 0. The van der Waals surface area contributed by atoms with Crippen LogP contribution in [0.25, 0.3) is 10.8 Å². The third-order valence-corrected chi connectivity index (χ3v) is 2.91. The lowest BCUT2D eigenvalue weighted by Crippen LogP contribution is -2.27. The maximum absolute atomic E-state index is 5.92. The molecule has 0 aliphatic carbocycles.